The average Bonchev–Trinajstić information content (AvgIpc) is 2.54. The highest BCUT2D eigenvalue weighted by atomic mass is 35.5. The number of carbonyl (C=O) groups is 1. The fourth-order valence-corrected chi connectivity index (χ4v) is 4.73. The molecule has 2 atom stereocenters. The highest BCUT2D eigenvalue weighted by Crippen LogP contribution is 2.62. The van der Waals surface area contributed by atoms with Crippen molar-refractivity contribution < 1.29 is 4.79 Å². The molecule has 2 heteroatoms. The molecule has 0 heterocycles. The fourth-order valence-electron chi connectivity index (χ4n) is 4.54. The number of Topliss-reactive ketones (excluding diaryl/α,β-unsaturated/α-hetero) is 1. The second kappa shape index (κ2) is 4.67. The molecule has 18 heavy (non-hydrogen) atoms. The van der Waals surface area contributed by atoms with Crippen LogP contribution in [0, 0.1) is 16.7 Å². The van der Waals surface area contributed by atoms with E-state index in [0.29, 0.717) is 17.2 Å². The van der Waals surface area contributed by atoms with Crippen LogP contribution < -0.4 is 0 Å². The molecule has 2 aliphatic rings. The molecule has 0 aromatic heterocycles. The normalized spacial score (nSPS) is 34.6. The van der Waals surface area contributed by atoms with E-state index in [-0.39, 0.29) is 11.2 Å². The second-order valence-electron chi connectivity index (χ2n) is 6.97. The van der Waals surface area contributed by atoms with Gasteiger partial charge in [0.1, 0.15) is 0 Å². The van der Waals surface area contributed by atoms with E-state index in [1.54, 1.807) is 6.92 Å². The molecule has 1 saturated carbocycles. The van der Waals surface area contributed by atoms with Gasteiger partial charge in [0, 0.05) is 5.88 Å². The second-order valence-corrected chi connectivity index (χ2v) is 7.35. The lowest BCUT2D eigenvalue weighted by molar-refractivity contribution is -0.113. The summed E-state index contributed by atoms with van der Waals surface area (Å²) in [5, 5.41) is 0. The van der Waals surface area contributed by atoms with Crippen molar-refractivity contribution in [1.82, 2.24) is 0 Å². The van der Waals surface area contributed by atoms with E-state index < -0.39 is 0 Å². The van der Waals surface area contributed by atoms with Gasteiger partial charge in [0.15, 0.2) is 5.78 Å². The first-order valence-corrected chi connectivity index (χ1v) is 7.66. The first-order chi connectivity index (χ1) is 8.33. The summed E-state index contributed by atoms with van der Waals surface area (Å²) in [5.41, 5.74) is 3.04. The van der Waals surface area contributed by atoms with Gasteiger partial charge in [0.2, 0.25) is 0 Å². The molecule has 0 bridgehead atoms. The van der Waals surface area contributed by atoms with Crippen molar-refractivity contribution in [3.63, 3.8) is 0 Å². The van der Waals surface area contributed by atoms with Crippen molar-refractivity contribution in [1.29, 1.82) is 0 Å². The van der Waals surface area contributed by atoms with Gasteiger partial charge in [0.05, 0.1) is 0 Å². The molecule has 0 aromatic rings. The molecule has 0 aromatic carbocycles. The van der Waals surface area contributed by atoms with E-state index in [4.69, 9.17) is 11.6 Å². The molecule has 0 saturated heterocycles. The Hall–Kier alpha value is -0.300. The number of ketones is 1. The average molecular weight is 269 g/mol. The monoisotopic (exact) mass is 268 g/mol. The summed E-state index contributed by atoms with van der Waals surface area (Å²) in [4.78, 5) is 11.9. The highest BCUT2D eigenvalue weighted by Gasteiger charge is 2.52. The zero-order chi connectivity index (χ0) is 13.6. The molecular formula is C16H25ClO. The predicted octanol–water partition coefficient (Wildman–Crippen LogP) is 4.74. The SMILES string of the molecule is CC(=O)C1=C(CCCl)[C@@]2(C)CCCC(C)(C)[C@@H]2C1. The van der Waals surface area contributed by atoms with Crippen molar-refractivity contribution in [2.45, 2.75) is 59.8 Å². The summed E-state index contributed by atoms with van der Waals surface area (Å²) >= 11 is 5.97. The molecule has 0 aliphatic heterocycles. The van der Waals surface area contributed by atoms with Crippen LogP contribution in [0.5, 0.6) is 0 Å². The van der Waals surface area contributed by atoms with Crippen LogP contribution in [-0.2, 0) is 4.79 Å². The smallest absolute Gasteiger partial charge is 0.155 e. The molecule has 0 N–H and O–H groups in total. The molecule has 2 rings (SSSR count). The van der Waals surface area contributed by atoms with Crippen molar-refractivity contribution >= 4 is 17.4 Å². The van der Waals surface area contributed by atoms with E-state index in [2.05, 4.69) is 20.8 Å². The third kappa shape index (κ3) is 2.05. The predicted molar refractivity (Wildman–Crippen MR) is 76.9 cm³/mol. The summed E-state index contributed by atoms with van der Waals surface area (Å²) in [6.45, 7) is 8.83. The minimum Gasteiger partial charge on any atom is -0.295 e. The number of hydrogen-bond donors (Lipinski definition) is 0. The van der Waals surface area contributed by atoms with Crippen LogP contribution in [0.1, 0.15) is 59.8 Å². The largest absolute Gasteiger partial charge is 0.295 e. The first-order valence-electron chi connectivity index (χ1n) is 7.12. The van der Waals surface area contributed by atoms with Gasteiger partial charge < -0.3 is 0 Å². The Bertz CT molecular complexity index is 394. The third-order valence-corrected chi connectivity index (χ3v) is 5.65. The lowest BCUT2D eigenvalue weighted by Gasteiger charge is -2.49. The number of fused-ring (bicyclic) bond motifs is 1. The van der Waals surface area contributed by atoms with Crippen molar-refractivity contribution in [3.05, 3.63) is 11.1 Å². The standard InChI is InChI=1S/C16H25ClO/c1-11(18)12-10-14-15(2,3)7-5-8-16(14,4)13(12)6-9-17/h14H,5-10H2,1-4H3/t14-,16+/m0/s1. The van der Waals surface area contributed by atoms with Crippen molar-refractivity contribution in [2.24, 2.45) is 16.7 Å². The molecule has 0 amide bonds. The van der Waals surface area contributed by atoms with Crippen LogP contribution in [0.2, 0.25) is 0 Å². The third-order valence-electron chi connectivity index (χ3n) is 5.46. The summed E-state index contributed by atoms with van der Waals surface area (Å²) < 4.78 is 0. The fraction of sp³-hybridized carbons (Fsp3) is 0.812. The zero-order valence-electron chi connectivity index (χ0n) is 12.1. The maximum Gasteiger partial charge on any atom is 0.155 e. The summed E-state index contributed by atoms with van der Waals surface area (Å²) in [6, 6.07) is 0. The number of rotatable bonds is 3. The minimum absolute atomic E-state index is 0.220. The maximum atomic E-state index is 11.9. The minimum atomic E-state index is 0.220. The van der Waals surface area contributed by atoms with E-state index >= 15 is 0 Å². The van der Waals surface area contributed by atoms with Gasteiger partial charge in [-0.15, -0.1) is 11.6 Å². The summed E-state index contributed by atoms with van der Waals surface area (Å²) in [6.07, 6.45) is 5.65. The number of allylic oxidation sites excluding steroid dienone is 2. The van der Waals surface area contributed by atoms with Crippen LogP contribution in [0.3, 0.4) is 0 Å². The number of alkyl halides is 1. The number of carbonyl (C=O) groups excluding carboxylic acids is 1. The number of hydrogen-bond acceptors (Lipinski definition) is 1. The van der Waals surface area contributed by atoms with Gasteiger partial charge in [-0.25, -0.2) is 0 Å². The molecule has 1 fully saturated rings. The molecule has 2 aliphatic carbocycles. The Morgan fingerprint density at radius 1 is 1.33 bits per heavy atom. The van der Waals surface area contributed by atoms with Crippen LogP contribution in [-0.4, -0.2) is 11.7 Å². The van der Waals surface area contributed by atoms with Gasteiger partial charge in [-0.1, -0.05) is 32.8 Å². The van der Waals surface area contributed by atoms with Gasteiger partial charge in [-0.05, 0) is 54.9 Å². The van der Waals surface area contributed by atoms with Crippen molar-refractivity contribution in [3.8, 4) is 0 Å². The van der Waals surface area contributed by atoms with Crippen molar-refractivity contribution in [2.75, 3.05) is 5.88 Å². The van der Waals surface area contributed by atoms with Gasteiger partial charge in [0.25, 0.3) is 0 Å². The van der Waals surface area contributed by atoms with Crippen LogP contribution >= 0.6 is 11.6 Å². The van der Waals surface area contributed by atoms with Crippen LogP contribution in [0.25, 0.3) is 0 Å². The summed E-state index contributed by atoms with van der Waals surface area (Å²) in [5.74, 6) is 1.52. The molecule has 0 spiro atoms. The topological polar surface area (TPSA) is 17.1 Å². The van der Waals surface area contributed by atoms with Crippen LogP contribution in [0.15, 0.2) is 11.1 Å². The van der Waals surface area contributed by atoms with E-state index in [1.807, 2.05) is 0 Å². The quantitative estimate of drug-likeness (QED) is 0.676. The summed E-state index contributed by atoms with van der Waals surface area (Å²) in [7, 11) is 0. The van der Waals surface area contributed by atoms with Gasteiger partial charge >= 0.3 is 0 Å². The van der Waals surface area contributed by atoms with E-state index in [1.165, 1.54) is 24.8 Å². The Morgan fingerprint density at radius 2 is 2.00 bits per heavy atom. The van der Waals surface area contributed by atoms with E-state index in [9.17, 15) is 4.79 Å². The molecule has 102 valence electrons. The highest BCUT2D eigenvalue weighted by molar-refractivity contribution is 6.18. The molecule has 0 unspecified atom stereocenters. The number of halogens is 1. The Morgan fingerprint density at radius 3 is 2.56 bits per heavy atom. The Balaban J connectivity index is 2.44. The lowest BCUT2D eigenvalue weighted by Crippen LogP contribution is -2.40. The Kier molecular flexibility index (Phi) is 3.66. The van der Waals surface area contributed by atoms with Crippen LogP contribution in [0.4, 0.5) is 0 Å². The Labute approximate surface area is 116 Å². The molecule has 1 nitrogen and oxygen atoms in total. The molecule has 0 radical (unpaired) electrons. The zero-order valence-corrected chi connectivity index (χ0v) is 12.9. The maximum absolute atomic E-state index is 11.9. The van der Waals surface area contributed by atoms with E-state index in [0.717, 1.165) is 18.4 Å². The lowest BCUT2D eigenvalue weighted by atomic mass is 9.56. The molecular weight excluding hydrogens is 244 g/mol. The van der Waals surface area contributed by atoms with Gasteiger partial charge in [-0.3, -0.25) is 4.79 Å². The van der Waals surface area contributed by atoms with Gasteiger partial charge in [-0.2, -0.15) is 0 Å². The first kappa shape index (κ1) is 14.1.